The average molecular weight is 266 g/mol. The summed E-state index contributed by atoms with van der Waals surface area (Å²) in [4.78, 5) is 0. The Balaban J connectivity index is 1.74. The van der Waals surface area contributed by atoms with Crippen molar-refractivity contribution in [3.05, 3.63) is 29.8 Å². The van der Waals surface area contributed by atoms with E-state index in [0.717, 1.165) is 37.2 Å². The highest BCUT2D eigenvalue weighted by Gasteiger charge is 2.30. The van der Waals surface area contributed by atoms with Gasteiger partial charge in [0.1, 0.15) is 0 Å². The van der Waals surface area contributed by atoms with E-state index in [1.807, 2.05) is 24.3 Å². The molecule has 0 amide bonds. The molecule has 2 aliphatic rings. The lowest BCUT2D eigenvalue weighted by atomic mass is 10.0. The van der Waals surface area contributed by atoms with Gasteiger partial charge in [-0.2, -0.15) is 0 Å². The molecule has 0 bridgehead atoms. The van der Waals surface area contributed by atoms with Crippen LogP contribution in [-0.4, -0.2) is 33.8 Å². The molecule has 4 nitrogen and oxygen atoms in total. The fourth-order valence-electron chi connectivity index (χ4n) is 2.58. The van der Waals surface area contributed by atoms with Gasteiger partial charge in [0.2, 0.25) is 10.0 Å². The zero-order chi connectivity index (χ0) is 12.6. The molecule has 18 heavy (non-hydrogen) atoms. The lowest BCUT2D eigenvalue weighted by Crippen LogP contribution is -2.43. The van der Waals surface area contributed by atoms with Crippen molar-refractivity contribution >= 4 is 15.7 Å². The predicted molar refractivity (Wildman–Crippen MR) is 72.3 cm³/mol. The molecule has 0 saturated carbocycles. The van der Waals surface area contributed by atoms with Crippen LogP contribution < -0.4 is 9.62 Å². The van der Waals surface area contributed by atoms with Gasteiger partial charge in [-0.15, -0.1) is 0 Å². The zero-order valence-electron chi connectivity index (χ0n) is 10.3. The summed E-state index contributed by atoms with van der Waals surface area (Å²) >= 11 is 0. The Morgan fingerprint density at radius 3 is 2.78 bits per heavy atom. The lowest BCUT2D eigenvalue weighted by Gasteiger charge is -2.28. The second kappa shape index (κ2) is 4.55. The maximum atomic E-state index is 12.3. The molecule has 3 rings (SSSR count). The van der Waals surface area contributed by atoms with Crippen LogP contribution in [0.3, 0.4) is 0 Å². The SMILES string of the molecule is O=S(=O)(CCC1CNC1)N1CCc2ccccc21. The van der Waals surface area contributed by atoms with Gasteiger partial charge in [0, 0.05) is 6.54 Å². The maximum absolute atomic E-state index is 12.3. The smallest absolute Gasteiger partial charge is 0.235 e. The first kappa shape index (κ1) is 12.0. The van der Waals surface area contributed by atoms with Crippen molar-refractivity contribution < 1.29 is 8.42 Å². The minimum Gasteiger partial charge on any atom is -0.316 e. The van der Waals surface area contributed by atoms with Crippen molar-refractivity contribution in [1.82, 2.24) is 5.32 Å². The lowest BCUT2D eigenvalue weighted by molar-refractivity contribution is 0.339. The van der Waals surface area contributed by atoms with Crippen LogP contribution in [0.5, 0.6) is 0 Å². The summed E-state index contributed by atoms with van der Waals surface area (Å²) in [6.45, 7) is 2.53. The molecule has 0 radical (unpaired) electrons. The van der Waals surface area contributed by atoms with Gasteiger partial charge >= 0.3 is 0 Å². The second-order valence-corrected chi connectivity index (χ2v) is 7.09. The first-order chi connectivity index (χ1) is 8.67. The van der Waals surface area contributed by atoms with Gasteiger partial charge < -0.3 is 5.32 Å². The van der Waals surface area contributed by atoms with Crippen LogP contribution in [0.25, 0.3) is 0 Å². The van der Waals surface area contributed by atoms with Crippen LogP contribution in [0.2, 0.25) is 0 Å². The number of hydrogen-bond acceptors (Lipinski definition) is 3. The van der Waals surface area contributed by atoms with Gasteiger partial charge in [0.05, 0.1) is 11.4 Å². The van der Waals surface area contributed by atoms with Crippen LogP contribution >= 0.6 is 0 Å². The molecular weight excluding hydrogens is 248 g/mol. The molecule has 0 aromatic heterocycles. The molecule has 2 heterocycles. The van der Waals surface area contributed by atoms with Crippen LogP contribution in [0.1, 0.15) is 12.0 Å². The fraction of sp³-hybridized carbons (Fsp3) is 0.538. The summed E-state index contributed by atoms with van der Waals surface area (Å²) in [6, 6.07) is 7.79. The average Bonchev–Trinajstić information content (AvgIpc) is 2.71. The Kier molecular flexibility index (Phi) is 3.03. The van der Waals surface area contributed by atoms with Crippen molar-refractivity contribution in [2.45, 2.75) is 12.8 Å². The van der Waals surface area contributed by atoms with E-state index in [1.54, 1.807) is 4.31 Å². The Morgan fingerprint density at radius 2 is 2.06 bits per heavy atom. The van der Waals surface area contributed by atoms with Gasteiger partial charge in [0.15, 0.2) is 0 Å². The number of sulfonamides is 1. The van der Waals surface area contributed by atoms with E-state index in [2.05, 4.69) is 5.32 Å². The molecule has 0 atom stereocenters. The first-order valence-corrected chi connectivity index (χ1v) is 8.07. The van der Waals surface area contributed by atoms with Crippen molar-refractivity contribution in [1.29, 1.82) is 0 Å². The second-order valence-electron chi connectivity index (χ2n) is 5.08. The topological polar surface area (TPSA) is 49.4 Å². The Labute approximate surface area is 108 Å². The highest BCUT2D eigenvalue weighted by molar-refractivity contribution is 7.92. The number of rotatable bonds is 4. The molecule has 1 fully saturated rings. The number of nitrogens with one attached hydrogen (secondary N) is 1. The molecule has 98 valence electrons. The molecule has 0 spiro atoms. The summed E-state index contributed by atoms with van der Waals surface area (Å²) in [5.41, 5.74) is 2.02. The van der Waals surface area contributed by atoms with E-state index in [0.29, 0.717) is 12.5 Å². The van der Waals surface area contributed by atoms with Crippen molar-refractivity contribution in [3.63, 3.8) is 0 Å². The third kappa shape index (κ3) is 2.12. The molecule has 5 heteroatoms. The first-order valence-electron chi connectivity index (χ1n) is 6.46. The number of fused-ring (bicyclic) bond motifs is 1. The van der Waals surface area contributed by atoms with Crippen molar-refractivity contribution in [3.8, 4) is 0 Å². The summed E-state index contributed by atoms with van der Waals surface area (Å²) in [5, 5.41) is 3.17. The standard InChI is InChI=1S/C13H18N2O2S/c16-18(17,8-6-11-9-14-10-11)15-7-5-12-3-1-2-4-13(12)15/h1-4,11,14H,5-10H2. The number of hydrogen-bond donors (Lipinski definition) is 1. The minimum absolute atomic E-state index is 0.272. The van der Waals surface area contributed by atoms with E-state index < -0.39 is 10.0 Å². The van der Waals surface area contributed by atoms with Crippen LogP contribution in [0, 0.1) is 5.92 Å². The molecular formula is C13H18N2O2S. The summed E-state index contributed by atoms with van der Waals surface area (Å²) in [5.74, 6) is 0.811. The van der Waals surface area contributed by atoms with Crippen molar-refractivity contribution in [2.24, 2.45) is 5.92 Å². The maximum Gasteiger partial charge on any atom is 0.235 e. The van der Waals surface area contributed by atoms with Gasteiger partial charge in [-0.3, -0.25) is 4.31 Å². The zero-order valence-corrected chi connectivity index (χ0v) is 11.1. The molecule has 1 saturated heterocycles. The molecule has 0 unspecified atom stereocenters. The largest absolute Gasteiger partial charge is 0.316 e. The third-order valence-corrected chi connectivity index (χ3v) is 5.63. The van der Waals surface area contributed by atoms with Gasteiger partial charge in [-0.05, 0) is 43.5 Å². The number of benzene rings is 1. The molecule has 2 aliphatic heterocycles. The van der Waals surface area contributed by atoms with Crippen LogP contribution in [-0.2, 0) is 16.4 Å². The number of para-hydroxylation sites is 1. The number of nitrogens with zero attached hydrogens (tertiary/aromatic N) is 1. The van der Waals surface area contributed by atoms with E-state index in [1.165, 1.54) is 0 Å². The summed E-state index contributed by atoms with van der Waals surface area (Å²) in [6.07, 6.45) is 1.61. The monoisotopic (exact) mass is 266 g/mol. The van der Waals surface area contributed by atoms with E-state index in [9.17, 15) is 8.42 Å². The Bertz CT molecular complexity index is 538. The fourth-order valence-corrected chi connectivity index (χ4v) is 4.27. The van der Waals surface area contributed by atoms with E-state index >= 15 is 0 Å². The highest BCUT2D eigenvalue weighted by Crippen LogP contribution is 2.30. The Morgan fingerprint density at radius 1 is 1.28 bits per heavy atom. The predicted octanol–water partition coefficient (Wildman–Crippen LogP) is 0.988. The molecule has 0 aliphatic carbocycles. The quantitative estimate of drug-likeness (QED) is 0.884. The Hall–Kier alpha value is -1.07. The normalized spacial score (nSPS) is 19.7. The van der Waals surface area contributed by atoms with E-state index in [-0.39, 0.29) is 5.75 Å². The highest BCUT2D eigenvalue weighted by atomic mass is 32.2. The van der Waals surface area contributed by atoms with Crippen LogP contribution in [0.15, 0.2) is 24.3 Å². The van der Waals surface area contributed by atoms with Gasteiger partial charge in [-0.25, -0.2) is 8.42 Å². The van der Waals surface area contributed by atoms with Gasteiger partial charge in [-0.1, -0.05) is 18.2 Å². The van der Waals surface area contributed by atoms with Gasteiger partial charge in [0.25, 0.3) is 0 Å². The minimum atomic E-state index is -3.14. The van der Waals surface area contributed by atoms with Crippen LogP contribution in [0.4, 0.5) is 5.69 Å². The third-order valence-electron chi connectivity index (χ3n) is 3.83. The van der Waals surface area contributed by atoms with E-state index in [4.69, 9.17) is 0 Å². The van der Waals surface area contributed by atoms with Crippen molar-refractivity contribution in [2.75, 3.05) is 29.7 Å². The number of anilines is 1. The summed E-state index contributed by atoms with van der Waals surface area (Å²) in [7, 11) is -3.14. The molecule has 1 N–H and O–H groups in total. The molecule has 1 aromatic carbocycles. The summed E-state index contributed by atoms with van der Waals surface area (Å²) < 4.78 is 26.3. The molecule has 1 aromatic rings.